The van der Waals surface area contributed by atoms with Crippen LogP contribution in [0.2, 0.25) is 0 Å². The predicted molar refractivity (Wildman–Crippen MR) is 69.0 cm³/mol. The van der Waals surface area contributed by atoms with Crippen LogP contribution in [0.15, 0.2) is 6.07 Å². The number of rotatable bonds is 6. The van der Waals surface area contributed by atoms with Crippen LogP contribution in [-0.4, -0.2) is 21.7 Å². The summed E-state index contributed by atoms with van der Waals surface area (Å²) in [5.41, 5.74) is 1.51. The molecule has 4 heteroatoms. The Morgan fingerprint density at radius 1 is 1.41 bits per heavy atom. The lowest BCUT2D eigenvalue weighted by molar-refractivity contribution is 0.0923. The van der Waals surface area contributed by atoms with E-state index in [0.29, 0.717) is 5.69 Å². The Balaban J connectivity index is 2.66. The van der Waals surface area contributed by atoms with Crippen molar-refractivity contribution in [1.82, 2.24) is 15.1 Å². The van der Waals surface area contributed by atoms with Crippen molar-refractivity contribution in [3.8, 4) is 0 Å². The van der Waals surface area contributed by atoms with Crippen molar-refractivity contribution < 1.29 is 4.79 Å². The van der Waals surface area contributed by atoms with E-state index in [-0.39, 0.29) is 11.9 Å². The van der Waals surface area contributed by atoms with Crippen molar-refractivity contribution in [3.05, 3.63) is 17.5 Å². The Morgan fingerprint density at radius 2 is 2.00 bits per heavy atom. The van der Waals surface area contributed by atoms with Crippen LogP contribution in [0.4, 0.5) is 0 Å². The molecule has 1 amide bonds. The lowest BCUT2D eigenvalue weighted by atomic mass is 10.1. The van der Waals surface area contributed by atoms with Crippen LogP contribution in [0.5, 0.6) is 0 Å². The molecule has 1 aromatic heterocycles. The second-order valence-corrected chi connectivity index (χ2v) is 4.54. The van der Waals surface area contributed by atoms with E-state index in [1.165, 1.54) is 0 Å². The molecule has 0 aromatic carbocycles. The first-order valence-corrected chi connectivity index (χ1v) is 6.40. The maximum atomic E-state index is 12.1. The number of hydrogen-bond acceptors (Lipinski definition) is 2. The molecular weight excluding hydrogens is 214 g/mol. The largest absolute Gasteiger partial charge is 0.348 e. The van der Waals surface area contributed by atoms with E-state index >= 15 is 0 Å². The molecule has 1 N–H and O–H groups in total. The van der Waals surface area contributed by atoms with E-state index in [9.17, 15) is 4.79 Å². The molecule has 0 bridgehead atoms. The Morgan fingerprint density at radius 3 is 2.41 bits per heavy atom. The minimum atomic E-state index is -0.0139. The topological polar surface area (TPSA) is 46.9 Å². The molecule has 0 fully saturated rings. The summed E-state index contributed by atoms with van der Waals surface area (Å²) >= 11 is 0. The molecule has 0 unspecified atom stereocenters. The summed E-state index contributed by atoms with van der Waals surface area (Å²) < 4.78 is 1.64. The molecule has 0 aliphatic heterocycles. The number of nitrogens with one attached hydrogen (secondary N) is 1. The Labute approximate surface area is 103 Å². The zero-order valence-corrected chi connectivity index (χ0v) is 11.3. The summed E-state index contributed by atoms with van der Waals surface area (Å²) in [5.74, 6) is -0.0139. The molecule has 0 aliphatic carbocycles. The summed E-state index contributed by atoms with van der Waals surface area (Å²) in [6.07, 6.45) is 4.26. The van der Waals surface area contributed by atoms with Crippen LogP contribution in [0.1, 0.15) is 55.7 Å². The van der Waals surface area contributed by atoms with Gasteiger partial charge in [0, 0.05) is 13.1 Å². The number of carbonyl (C=O) groups excluding carboxylic acids is 1. The number of nitrogens with zero attached hydrogens (tertiary/aromatic N) is 2. The lowest BCUT2D eigenvalue weighted by Gasteiger charge is -2.17. The van der Waals surface area contributed by atoms with Gasteiger partial charge in [-0.25, -0.2) is 0 Å². The van der Waals surface area contributed by atoms with Gasteiger partial charge in [0.2, 0.25) is 0 Å². The van der Waals surface area contributed by atoms with Gasteiger partial charge in [-0.15, -0.1) is 0 Å². The van der Waals surface area contributed by atoms with Crippen molar-refractivity contribution in [1.29, 1.82) is 0 Å². The van der Waals surface area contributed by atoms with E-state index in [1.54, 1.807) is 11.7 Å². The fraction of sp³-hybridized carbons (Fsp3) is 0.692. The van der Waals surface area contributed by atoms with Crippen LogP contribution in [0, 0.1) is 6.92 Å². The van der Waals surface area contributed by atoms with Gasteiger partial charge in [-0.1, -0.05) is 26.7 Å². The third-order valence-electron chi connectivity index (χ3n) is 2.84. The Hall–Kier alpha value is -1.32. The standard InChI is InChI=1S/C13H23N3O/c1-5-7-11(8-6-2)14-13(17)12-9-10(3)15-16(12)4/h9,11H,5-8H2,1-4H3,(H,14,17). The monoisotopic (exact) mass is 237 g/mol. The average molecular weight is 237 g/mol. The van der Waals surface area contributed by atoms with Gasteiger partial charge in [0.05, 0.1) is 5.69 Å². The number of aromatic nitrogens is 2. The second-order valence-electron chi connectivity index (χ2n) is 4.54. The molecule has 1 rings (SSSR count). The zero-order valence-electron chi connectivity index (χ0n) is 11.3. The van der Waals surface area contributed by atoms with Crippen molar-refractivity contribution >= 4 is 5.91 Å². The van der Waals surface area contributed by atoms with Crippen molar-refractivity contribution in [2.75, 3.05) is 0 Å². The van der Waals surface area contributed by atoms with Gasteiger partial charge in [0.15, 0.2) is 0 Å². The van der Waals surface area contributed by atoms with Crippen molar-refractivity contribution in [2.45, 2.75) is 52.5 Å². The molecule has 1 aromatic rings. The molecule has 0 aliphatic rings. The average Bonchev–Trinajstić information content (AvgIpc) is 2.58. The van der Waals surface area contributed by atoms with Crippen molar-refractivity contribution in [3.63, 3.8) is 0 Å². The maximum absolute atomic E-state index is 12.1. The van der Waals surface area contributed by atoms with Gasteiger partial charge in [0.25, 0.3) is 5.91 Å². The fourth-order valence-electron chi connectivity index (χ4n) is 2.07. The van der Waals surface area contributed by atoms with Crippen LogP contribution in [0.25, 0.3) is 0 Å². The third-order valence-corrected chi connectivity index (χ3v) is 2.84. The summed E-state index contributed by atoms with van der Waals surface area (Å²) in [7, 11) is 1.80. The Kier molecular flexibility index (Phi) is 5.19. The summed E-state index contributed by atoms with van der Waals surface area (Å²) in [5, 5.41) is 7.28. The molecule has 17 heavy (non-hydrogen) atoms. The molecule has 0 saturated heterocycles. The first-order chi connectivity index (χ1) is 8.08. The van der Waals surface area contributed by atoms with Gasteiger partial charge in [-0.2, -0.15) is 5.10 Å². The number of hydrogen-bond donors (Lipinski definition) is 1. The van der Waals surface area contributed by atoms with Gasteiger partial charge >= 0.3 is 0 Å². The molecular formula is C13H23N3O. The van der Waals surface area contributed by atoms with Crippen LogP contribution in [-0.2, 0) is 7.05 Å². The van der Waals surface area contributed by atoms with Gasteiger partial charge in [-0.05, 0) is 25.8 Å². The van der Waals surface area contributed by atoms with Crippen LogP contribution < -0.4 is 5.32 Å². The fourth-order valence-corrected chi connectivity index (χ4v) is 2.07. The molecule has 96 valence electrons. The van der Waals surface area contributed by atoms with Crippen LogP contribution in [0.3, 0.4) is 0 Å². The van der Waals surface area contributed by atoms with E-state index in [0.717, 1.165) is 31.4 Å². The highest BCUT2D eigenvalue weighted by Crippen LogP contribution is 2.07. The highest BCUT2D eigenvalue weighted by molar-refractivity contribution is 5.92. The van der Waals surface area contributed by atoms with E-state index in [2.05, 4.69) is 24.3 Å². The SMILES string of the molecule is CCCC(CCC)NC(=O)c1cc(C)nn1C. The molecule has 1 heterocycles. The minimum absolute atomic E-state index is 0.0139. The first-order valence-electron chi connectivity index (χ1n) is 6.40. The first kappa shape index (κ1) is 13.7. The Bertz CT molecular complexity index is 365. The quantitative estimate of drug-likeness (QED) is 0.826. The highest BCUT2D eigenvalue weighted by Gasteiger charge is 2.15. The zero-order chi connectivity index (χ0) is 12.8. The van der Waals surface area contributed by atoms with Crippen LogP contribution >= 0.6 is 0 Å². The van der Waals surface area contributed by atoms with E-state index < -0.39 is 0 Å². The second kappa shape index (κ2) is 6.42. The number of aryl methyl sites for hydroxylation is 2. The normalized spacial score (nSPS) is 10.9. The molecule has 4 nitrogen and oxygen atoms in total. The molecule has 0 atom stereocenters. The van der Waals surface area contributed by atoms with Crippen molar-refractivity contribution in [2.24, 2.45) is 7.05 Å². The van der Waals surface area contributed by atoms with Gasteiger partial charge < -0.3 is 5.32 Å². The van der Waals surface area contributed by atoms with Gasteiger partial charge in [-0.3, -0.25) is 9.48 Å². The summed E-state index contributed by atoms with van der Waals surface area (Å²) in [6.45, 7) is 6.18. The smallest absolute Gasteiger partial charge is 0.269 e. The number of amides is 1. The van der Waals surface area contributed by atoms with Gasteiger partial charge in [0.1, 0.15) is 5.69 Å². The minimum Gasteiger partial charge on any atom is -0.348 e. The van der Waals surface area contributed by atoms with E-state index in [1.807, 2.05) is 13.0 Å². The molecule has 0 spiro atoms. The third kappa shape index (κ3) is 3.88. The summed E-state index contributed by atoms with van der Waals surface area (Å²) in [4.78, 5) is 12.1. The molecule has 0 radical (unpaired) electrons. The lowest BCUT2D eigenvalue weighted by Crippen LogP contribution is -2.35. The van der Waals surface area contributed by atoms with E-state index in [4.69, 9.17) is 0 Å². The highest BCUT2D eigenvalue weighted by atomic mass is 16.2. The summed E-state index contributed by atoms with van der Waals surface area (Å²) in [6, 6.07) is 2.11. The molecule has 0 saturated carbocycles. The maximum Gasteiger partial charge on any atom is 0.269 e. The predicted octanol–water partition coefficient (Wildman–Crippen LogP) is 2.43. The number of carbonyl (C=O) groups is 1.